The highest BCUT2D eigenvalue weighted by molar-refractivity contribution is 6.32. The molecule has 0 unspecified atom stereocenters. The number of halogens is 1. The van der Waals surface area contributed by atoms with E-state index in [2.05, 4.69) is 6.92 Å². The predicted molar refractivity (Wildman–Crippen MR) is 102 cm³/mol. The molecule has 1 aromatic rings. The number of aromatic hydroxyl groups is 1. The van der Waals surface area contributed by atoms with E-state index in [1.165, 1.54) is 44.9 Å². The smallest absolute Gasteiger partial charge is 0.303 e. The Bertz CT molecular complexity index is 449. The first-order valence-electron chi connectivity index (χ1n) is 9.06. The quantitative estimate of drug-likeness (QED) is 0.461. The first-order valence-corrected chi connectivity index (χ1v) is 9.43. The fraction of sp³-hybridized carbons (Fsp3) is 0.650. The Kier molecular flexibility index (Phi) is 13.4. The maximum atomic E-state index is 10.2. The van der Waals surface area contributed by atoms with Crippen LogP contribution in [0.1, 0.15) is 82.3 Å². The summed E-state index contributed by atoms with van der Waals surface area (Å²) in [6.07, 6.45) is 11.5. The Labute approximate surface area is 152 Å². The Balaban J connectivity index is 0.000000463. The molecule has 0 aliphatic rings. The lowest BCUT2D eigenvalue weighted by molar-refractivity contribution is -0.137. The number of phenolic OH excluding ortho intramolecular Hbond substituents is 1. The molecule has 24 heavy (non-hydrogen) atoms. The Hall–Kier alpha value is -1.22. The van der Waals surface area contributed by atoms with E-state index in [0.717, 1.165) is 29.0 Å². The van der Waals surface area contributed by atoms with Gasteiger partial charge < -0.3 is 10.2 Å². The molecule has 0 aliphatic carbocycles. The molecule has 0 radical (unpaired) electrons. The summed E-state index contributed by atoms with van der Waals surface area (Å²) in [6, 6.07) is 3.30. The summed E-state index contributed by atoms with van der Waals surface area (Å²) in [4.78, 5) is 10.2. The molecule has 0 fully saturated rings. The highest BCUT2D eigenvalue weighted by Crippen LogP contribution is 2.24. The molecule has 0 heterocycles. The highest BCUT2D eigenvalue weighted by atomic mass is 35.5. The minimum Gasteiger partial charge on any atom is -0.508 e. The average molecular weight is 357 g/mol. The van der Waals surface area contributed by atoms with Crippen LogP contribution < -0.4 is 0 Å². The Morgan fingerprint density at radius 1 is 0.917 bits per heavy atom. The minimum absolute atomic E-state index is 0.277. The second-order valence-electron chi connectivity index (χ2n) is 6.37. The van der Waals surface area contributed by atoms with Crippen LogP contribution in [0.15, 0.2) is 12.1 Å². The number of carbonyl (C=O) groups is 1. The molecule has 0 aromatic heterocycles. The van der Waals surface area contributed by atoms with Crippen molar-refractivity contribution in [3.63, 3.8) is 0 Å². The van der Waals surface area contributed by atoms with Crippen LogP contribution in [0, 0.1) is 13.8 Å². The van der Waals surface area contributed by atoms with Crippen LogP contribution in [-0.2, 0) is 4.79 Å². The molecule has 4 heteroatoms. The van der Waals surface area contributed by atoms with E-state index in [-0.39, 0.29) is 5.75 Å². The third kappa shape index (κ3) is 12.2. The number of hydrogen-bond acceptors (Lipinski definition) is 2. The molecular formula is C20H33ClO3. The molecule has 0 saturated heterocycles. The zero-order valence-corrected chi connectivity index (χ0v) is 16.2. The lowest BCUT2D eigenvalue weighted by Gasteiger charge is -2.01. The van der Waals surface area contributed by atoms with Gasteiger partial charge in [0.15, 0.2) is 0 Å². The SMILES string of the molecule is CCCCCCCCCCCC(=O)O.Cc1cc(O)cc(C)c1Cl. The topological polar surface area (TPSA) is 57.5 Å². The summed E-state index contributed by atoms with van der Waals surface area (Å²) in [5.41, 5.74) is 1.83. The molecule has 0 atom stereocenters. The van der Waals surface area contributed by atoms with Crippen LogP contribution in [0.2, 0.25) is 5.02 Å². The van der Waals surface area contributed by atoms with E-state index < -0.39 is 5.97 Å². The second kappa shape index (κ2) is 14.2. The number of aryl methyl sites for hydroxylation is 2. The van der Waals surface area contributed by atoms with Crippen molar-refractivity contribution in [2.75, 3.05) is 0 Å². The number of phenols is 1. The van der Waals surface area contributed by atoms with Gasteiger partial charge >= 0.3 is 5.97 Å². The summed E-state index contributed by atoms with van der Waals surface area (Å²) in [6.45, 7) is 5.97. The predicted octanol–water partition coefficient (Wildman–Crippen LogP) is 6.65. The second-order valence-corrected chi connectivity index (χ2v) is 6.74. The van der Waals surface area contributed by atoms with E-state index in [1.54, 1.807) is 12.1 Å². The van der Waals surface area contributed by atoms with Crippen molar-refractivity contribution in [2.24, 2.45) is 0 Å². The standard InChI is InChI=1S/C12H24O2.C8H9ClO/c1-2-3-4-5-6-7-8-9-10-11-12(13)14;1-5-3-7(10)4-6(2)8(5)9/h2-11H2,1H3,(H,13,14);3-4,10H,1-2H3. The lowest BCUT2D eigenvalue weighted by atomic mass is 10.1. The molecule has 0 spiro atoms. The van der Waals surface area contributed by atoms with Crippen molar-refractivity contribution >= 4 is 17.6 Å². The van der Waals surface area contributed by atoms with Gasteiger partial charge in [-0.15, -0.1) is 0 Å². The number of unbranched alkanes of at least 4 members (excludes halogenated alkanes) is 8. The molecule has 3 nitrogen and oxygen atoms in total. The highest BCUT2D eigenvalue weighted by Gasteiger charge is 2.00. The van der Waals surface area contributed by atoms with E-state index in [0.29, 0.717) is 6.42 Å². The van der Waals surface area contributed by atoms with Crippen LogP contribution in [0.5, 0.6) is 5.75 Å². The van der Waals surface area contributed by atoms with Crippen LogP contribution in [-0.4, -0.2) is 16.2 Å². The van der Waals surface area contributed by atoms with Gasteiger partial charge in [0.2, 0.25) is 0 Å². The Morgan fingerprint density at radius 3 is 1.75 bits per heavy atom. The molecule has 0 aliphatic heterocycles. The van der Waals surface area contributed by atoms with Crippen molar-refractivity contribution < 1.29 is 15.0 Å². The van der Waals surface area contributed by atoms with Crippen molar-refractivity contribution in [3.8, 4) is 5.75 Å². The van der Waals surface area contributed by atoms with Gasteiger partial charge in [0, 0.05) is 11.4 Å². The molecule has 2 N–H and O–H groups in total. The van der Waals surface area contributed by atoms with Gasteiger partial charge in [-0.3, -0.25) is 4.79 Å². The van der Waals surface area contributed by atoms with Crippen molar-refractivity contribution in [1.82, 2.24) is 0 Å². The summed E-state index contributed by atoms with van der Waals surface area (Å²) >= 11 is 5.84. The van der Waals surface area contributed by atoms with E-state index >= 15 is 0 Å². The van der Waals surface area contributed by atoms with E-state index in [9.17, 15) is 4.79 Å². The number of aliphatic carboxylic acids is 1. The first-order chi connectivity index (χ1) is 11.4. The lowest BCUT2D eigenvalue weighted by Crippen LogP contribution is -1.93. The van der Waals surface area contributed by atoms with Crippen molar-refractivity contribution in [3.05, 3.63) is 28.3 Å². The summed E-state index contributed by atoms with van der Waals surface area (Å²) < 4.78 is 0. The molecule has 0 amide bonds. The van der Waals surface area contributed by atoms with Gasteiger partial charge in [0.1, 0.15) is 5.75 Å². The molecule has 1 rings (SSSR count). The van der Waals surface area contributed by atoms with Crippen LogP contribution >= 0.6 is 11.6 Å². The zero-order chi connectivity index (χ0) is 18.4. The number of rotatable bonds is 10. The number of carboxylic acid groups (broad SMARTS) is 1. The van der Waals surface area contributed by atoms with Crippen LogP contribution in [0.3, 0.4) is 0 Å². The summed E-state index contributed by atoms with van der Waals surface area (Å²) in [5, 5.41) is 18.2. The normalized spacial score (nSPS) is 10.2. The van der Waals surface area contributed by atoms with Gasteiger partial charge in [-0.2, -0.15) is 0 Å². The molecule has 1 aromatic carbocycles. The van der Waals surface area contributed by atoms with Crippen LogP contribution in [0.25, 0.3) is 0 Å². The number of hydrogen-bond donors (Lipinski definition) is 2. The van der Waals surface area contributed by atoms with Gasteiger partial charge in [-0.1, -0.05) is 69.9 Å². The monoisotopic (exact) mass is 356 g/mol. The van der Waals surface area contributed by atoms with E-state index in [1.807, 2.05) is 13.8 Å². The van der Waals surface area contributed by atoms with Gasteiger partial charge in [-0.25, -0.2) is 0 Å². The summed E-state index contributed by atoms with van der Waals surface area (Å²) in [7, 11) is 0. The van der Waals surface area contributed by atoms with Crippen molar-refractivity contribution in [1.29, 1.82) is 0 Å². The largest absolute Gasteiger partial charge is 0.508 e. The number of carboxylic acids is 1. The molecular weight excluding hydrogens is 324 g/mol. The molecule has 138 valence electrons. The molecule has 0 saturated carbocycles. The fourth-order valence-electron chi connectivity index (χ4n) is 2.51. The van der Waals surface area contributed by atoms with Gasteiger partial charge in [0.25, 0.3) is 0 Å². The average Bonchev–Trinajstić information content (AvgIpc) is 2.51. The minimum atomic E-state index is -0.659. The third-order valence-electron chi connectivity index (χ3n) is 3.92. The van der Waals surface area contributed by atoms with E-state index in [4.69, 9.17) is 21.8 Å². The first kappa shape index (κ1) is 22.8. The third-order valence-corrected chi connectivity index (χ3v) is 4.51. The maximum Gasteiger partial charge on any atom is 0.303 e. The Morgan fingerprint density at radius 2 is 1.33 bits per heavy atom. The number of benzene rings is 1. The maximum absolute atomic E-state index is 10.2. The fourth-order valence-corrected chi connectivity index (χ4v) is 2.62. The molecule has 0 bridgehead atoms. The van der Waals surface area contributed by atoms with Gasteiger partial charge in [0.05, 0.1) is 0 Å². The summed E-state index contributed by atoms with van der Waals surface area (Å²) in [5.74, 6) is -0.382. The zero-order valence-electron chi connectivity index (χ0n) is 15.4. The van der Waals surface area contributed by atoms with Gasteiger partial charge in [-0.05, 0) is 43.5 Å². The van der Waals surface area contributed by atoms with Crippen LogP contribution in [0.4, 0.5) is 0 Å². The van der Waals surface area contributed by atoms with Crippen molar-refractivity contribution in [2.45, 2.75) is 85.0 Å².